The van der Waals surface area contributed by atoms with E-state index < -0.39 is 0 Å². The van der Waals surface area contributed by atoms with E-state index in [9.17, 15) is 0 Å². The fourth-order valence-corrected chi connectivity index (χ4v) is 10.5. The van der Waals surface area contributed by atoms with Crippen molar-refractivity contribution in [3.05, 3.63) is 237 Å². The Balaban J connectivity index is 0.982. The molecule has 0 bridgehead atoms. The van der Waals surface area contributed by atoms with Crippen LogP contribution in [0.4, 0.5) is 0 Å². The Morgan fingerprint density at radius 2 is 0.768 bits per heavy atom. The zero-order chi connectivity index (χ0) is 45.4. The minimum absolute atomic E-state index is 0.562. The van der Waals surface area contributed by atoms with E-state index in [-0.39, 0.29) is 0 Å². The van der Waals surface area contributed by atoms with Crippen LogP contribution in [0.2, 0.25) is 0 Å². The van der Waals surface area contributed by atoms with Gasteiger partial charge in [-0.05, 0) is 89.0 Å². The summed E-state index contributed by atoms with van der Waals surface area (Å²) < 4.78 is 11.2. The summed E-state index contributed by atoms with van der Waals surface area (Å²) in [4.78, 5) is 15.9. The summed E-state index contributed by atoms with van der Waals surface area (Å²) in [6.07, 6.45) is 0. The Morgan fingerprint density at radius 1 is 0.290 bits per heavy atom. The Hall–Kier alpha value is -9.39. The first-order valence-electron chi connectivity index (χ1n) is 23.3. The minimum Gasteiger partial charge on any atom is -0.456 e. The van der Waals surface area contributed by atoms with E-state index in [0.717, 1.165) is 77.6 Å². The monoisotopic (exact) mass is 881 g/mol. The molecule has 0 aliphatic carbocycles. The second-order valence-corrected chi connectivity index (χ2v) is 17.5. The molecule has 6 nitrogen and oxygen atoms in total. The van der Waals surface area contributed by atoms with Crippen LogP contribution in [-0.4, -0.2) is 24.1 Å². The maximum Gasteiger partial charge on any atom is 0.166 e. The molecule has 10 aromatic carbocycles. The van der Waals surface area contributed by atoms with Crippen LogP contribution in [0.3, 0.4) is 0 Å². The first-order chi connectivity index (χ1) is 34.2. The number of furan rings is 1. The highest BCUT2D eigenvalue weighted by atomic mass is 16.3. The van der Waals surface area contributed by atoms with Crippen LogP contribution in [-0.2, 0) is 0 Å². The number of para-hydroxylation sites is 5. The van der Waals surface area contributed by atoms with Gasteiger partial charge in [-0.25, -0.2) is 15.0 Å². The van der Waals surface area contributed by atoms with Gasteiger partial charge in [0, 0.05) is 54.7 Å². The number of fused-ring (bicyclic) bond motifs is 9. The van der Waals surface area contributed by atoms with Crippen LogP contribution in [0.5, 0.6) is 0 Å². The molecule has 0 radical (unpaired) electrons. The maximum absolute atomic E-state index is 6.38. The summed E-state index contributed by atoms with van der Waals surface area (Å²) in [6.45, 7) is 0. The zero-order valence-electron chi connectivity index (χ0n) is 37.2. The summed E-state index contributed by atoms with van der Waals surface area (Å²) in [7, 11) is 0. The van der Waals surface area contributed by atoms with E-state index in [2.05, 4.69) is 221 Å². The first-order valence-corrected chi connectivity index (χ1v) is 23.3. The largest absolute Gasteiger partial charge is 0.456 e. The Kier molecular flexibility index (Phi) is 8.79. The van der Waals surface area contributed by atoms with Gasteiger partial charge in [0.15, 0.2) is 17.5 Å². The van der Waals surface area contributed by atoms with Crippen molar-refractivity contribution in [3.8, 4) is 67.8 Å². The Labute approximate surface area is 396 Å². The standard InChI is InChI=1S/C63H39N5O/c1-3-17-40(18-4-1)41-33-35-42(36-34-41)61-64-62(43-37-38-46-45-21-10-14-32-57(45)69-58(46)39-43)66-63(65-61)51-24-9-13-29-54(51)68-53-28-12-8-23-50(53)60-48(26-16-31-56(60)68)47-25-15-30-55-59(47)49-22-7-11-27-52(49)67(55)44-19-5-2-6-20-44/h1-39H. The van der Waals surface area contributed by atoms with E-state index in [1.165, 1.54) is 38.3 Å². The normalized spacial score (nSPS) is 11.8. The molecule has 0 unspecified atom stereocenters. The molecule has 0 amide bonds. The van der Waals surface area contributed by atoms with Gasteiger partial charge in [0.05, 0.1) is 27.8 Å². The fraction of sp³-hybridized carbons (Fsp3) is 0. The molecule has 0 atom stereocenters. The van der Waals surface area contributed by atoms with Gasteiger partial charge in [0.1, 0.15) is 11.2 Å². The van der Waals surface area contributed by atoms with Crippen molar-refractivity contribution in [1.29, 1.82) is 0 Å². The number of aromatic nitrogens is 5. The topological polar surface area (TPSA) is 61.7 Å². The van der Waals surface area contributed by atoms with E-state index >= 15 is 0 Å². The van der Waals surface area contributed by atoms with Crippen LogP contribution < -0.4 is 0 Å². The first kappa shape index (κ1) is 38.8. The number of nitrogens with zero attached hydrogens (tertiary/aromatic N) is 5. The predicted octanol–water partition coefficient (Wildman–Crippen LogP) is 16.3. The van der Waals surface area contributed by atoms with Gasteiger partial charge >= 0.3 is 0 Å². The van der Waals surface area contributed by atoms with Gasteiger partial charge in [0.25, 0.3) is 0 Å². The van der Waals surface area contributed by atoms with Crippen LogP contribution >= 0.6 is 0 Å². The third-order valence-corrected chi connectivity index (χ3v) is 13.6. The third kappa shape index (κ3) is 6.23. The van der Waals surface area contributed by atoms with Crippen LogP contribution in [0.1, 0.15) is 0 Å². The molecule has 0 saturated heterocycles. The summed E-state index contributed by atoms with van der Waals surface area (Å²) in [5, 5.41) is 6.92. The summed E-state index contributed by atoms with van der Waals surface area (Å²) in [5.41, 5.74) is 15.5. The van der Waals surface area contributed by atoms with Gasteiger partial charge in [0.2, 0.25) is 0 Å². The van der Waals surface area contributed by atoms with E-state index in [1.807, 2.05) is 24.3 Å². The molecular weight excluding hydrogens is 843 g/mol. The second-order valence-electron chi connectivity index (χ2n) is 17.5. The molecule has 0 fully saturated rings. The molecule has 322 valence electrons. The minimum atomic E-state index is 0.562. The van der Waals surface area contributed by atoms with Crippen LogP contribution in [0.25, 0.3) is 133 Å². The van der Waals surface area contributed by atoms with E-state index in [1.54, 1.807) is 0 Å². The molecule has 6 heteroatoms. The third-order valence-electron chi connectivity index (χ3n) is 13.6. The van der Waals surface area contributed by atoms with Gasteiger partial charge in [-0.15, -0.1) is 0 Å². The smallest absolute Gasteiger partial charge is 0.166 e. The average Bonchev–Trinajstić information content (AvgIpc) is 4.09. The molecule has 69 heavy (non-hydrogen) atoms. The predicted molar refractivity (Wildman–Crippen MR) is 283 cm³/mol. The lowest BCUT2D eigenvalue weighted by Crippen LogP contribution is -2.03. The number of benzene rings is 10. The highest BCUT2D eigenvalue weighted by molar-refractivity contribution is 6.22. The van der Waals surface area contributed by atoms with E-state index in [0.29, 0.717) is 17.5 Å². The van der Waals surface area contributed by atoms with Crippen LogP contribution in [0.15, 0.2) is 241 Å². The molecule has 0 aliphatic rings. The fourth-order valence-electron chi connectivity index (χ4n) is 10.5. The quantitative estimate of drug-likeness (QED) is 0.160. The SMILES string of the molecule is c1ccc(-c2ccc(-c3nc(-c4ccc5c(c4)oc4ccccc45)nc(-c4ccccc4-n4c5ccccc5c5c(-c6cccc7c6c6ccccc6n7-c6ccccc6)cccc54)n3)cc2)cc1. The molecule has 0 spiro atoms. The van der Waals surface area contributed by atoms with Gasteiger partial charge < -0.3 is 13.6 Å². The van der Waals surface area contributed by atoms with Crippen LogP contribution in [0, 0.1) is 0 Å². The highest BCUT2D eigenvalue weighted by Gasteiger charge is 2.23. The molecule has 14 rings (SSSR count). The van der Waals surface area contributed by atoms with Gasteiger partial charge in [-0.1, -0.05) is 170 Å². The van der Waals surface area contributed by atoms with Gasteiger partial charge in [-0.3, -0.25) is 0 Å². The molecule has 0 aliphatic heterocycles. The van der Waals surface area contributed by atoms with E-state index in [4.69, 9.17) is 19.4 Å². The maximum atomic E-state index is 6.38. The molecule has 0 N–H and O–H groups in total. The van der Waals surface area contributed by atoms with Crippen molar-refractivity contribution < 1.29 is 4.42 Å². The lowest BCUT2D eigenvalue weighted by atomic mass is 9.95. The van der Waals surface area contributed by atoms with Crippen molar-refractivity contribution in [1.82, 2.24) is 24.1 Å². The van der Waals surface area contributed by atoms with Gasteiger partial charge in [-0.2, -0.15) is 0 Å². The highest BCUT2D eigenvalue weighted by Crippen LogP contribution is 2.45. The van der Waals surface area contributed by atoms with Crippen molar-refractivity contribution >= 4 is 65.6 Å². The molecule has 4 heterocycles. The molecule has 0 saturated carbocycles. The van der Waals surface area contributed by atoms with Crippen molar-refractivity contribution in [3.63, 3.8) is 0 Å². The Bertz CT molecular complexity index is 4300. The van der Waals surface area contributed by atoms with Crippen molar-refractivity contribution in [2.45, 2.75) is 0 Å². The number of rotatable bonds is 7. The molecule has 14 aromatic rings. The lowest BCUT2D eigenvalue weighted by molar-refractivity contribution is 0.669. The lowest BCUT2D eigenvalue weighted by Gasteiger charge is -2.15. The van der Waals surface area contributed by atoms with Crippen molar-refractivity contribution in [2.75, 3.05) is 0 Å². The number of hydrogen-bond acceptors (Lipinski definition) is 4. The average molecular weight is 882 g/mol. The number of hydrogen-bond donors (Lipinski definition) is 0. The zero-order valence-corrected chi connectivity index (χ0v) is 37.2. The Morgan fingerprint density at radius 3 is 1.49 bits per heavy atom. The summed E-state index contributed by atoms with van der Waals surface area (Å²) >= 11 is 0. The summed E-state index contributed by atoms with van der Waals surface area (Å²) in [6, 6.07) is 83.4. The molecule has 4 aromatic heterocycles. The molecular formula is C63H39N5O. The van der Waals surface area contributed by atoms with Crippen molar-refractivity contribution in [2.24, 2.45) is 0 Å². The second kappa shape index (κ2) is 15.6. The summed E-state index contributed by atoms with van der Waals surface area (Å²) in [5.74, 6) is 1.72.